The SMILES string of the molecule is COc1ccc(Nc2c(-c3ccccc3OC)c(C)nn2-c2ccccc2C)c(C(=O)O)c1. The van der Waals surface area contributed by atoms with Crippen LogP contribution in [0.25, 0.3) is 16.8 Å². The first kappa shape index (κ1) is 22.0. The zero-order valence-electron chi connectivity index (χ0n) is 18.9. The number of benzene rings is 3. The normalized spacial score (nSPS) is 10.7. The van der Waals surface area contributed by atoms with Crippen LogP contribution in [-0.4, -0.2) is 35.1 Å². The van der Waals surface area contributed by atoms with Gasteiger partial charge < -0.3 is 19.9 Å². The zero-order valence-corrected chi connectivity index (χ0v) is 18.9. The minimum Gasteiger partial charge on any atom is -0.497 e. The summed E-state index contributed by atoms with van der Waals surface area (Å²) in [5, 5.41) is 18.0. The van der Waals surface area contributed by atoms with Gasteiger partial charge in [-0.25, -0.2) is 9.48 Å². The highest BCUT2D eigenvalue weighted by atomic mass is 16.5. The van der Waals surface area contributed by atoms with Gasteiger partial charge in [0.2, 0.25) is 0 Å². The van der Waals surface area contributed by atoms with E-state index < -0.39 is 5.97 Å². The number of para-hydroxylation sites is 2. The lowest BCUT2D eigenvalue weighted by Crippen LogP contribution is -2.08. The molecule has 3 aromatic carbocycles. The van der Waals surface area contributed by atoms with Crippen LogP contribution in [0.5, 0.6) is 11.5 Å². The summed E-state index contributed by atoms with van der Waals surface area (Å²) in [5.74, 6) is 0.737. The quantitative estimate of drug-likeness (QED) is 0.386. The minimum absolute atomic E-state index is 0.0931. The van der Waals surface area contributed by atoms with Gasteiger partial charge in [0, 0.05) is 5.56 Å². The fourth-order valence-corrected chi connectivity index (χ4v) is 3.86. The van der Waals surface area contributed by atoms with Gasteiger partial charge in [-0.2, -0.15) is 5.10 Å². The van der Waals surface area contributed by atoms with Crippen LogP contribution in [0.4, 0.5) is 11.5 Å². The summed E-state index contributed by atoms with van der Waals surface area (Å²) < 4.78 is 12.6. The second-order valence-electron chi connectivity index (χ2n) is 7.55. The van der Waals surface area contributed by atoms with E-state index in [2.05, 4.69) is 5.32 Å². The fourth-order valence-electron chi connectivity index (χ4n) is 3.86. The van der Waals surface area contributed by atoms with Crippen molar-refractivity contribution >= 4 is 17.5 Å². The molecular weight excluding hydrogens is 418 g/mol. The fraction of sp³-hybridized carbons (Fsp3) is 0.154. The van der Waals surface area contributed by atoms with E-state index in [0.29, 0.717) is 23.0 Å². The van der Waals surface area contributed by atoms with Crippen LogP contribution < -0.4 is 14.8 Å². The molecule has 7 heteroatoms. The lowest BCUT2D eigenvalue weighted by atomic mass is 10.0. The molecule has 2 N–H and O–H groups in total. The standard InChI is InChI=1S/C26H25N3O4/c1-16-9-5-7-11-22(16)29-25(27-21-14-13-18(32-3)15-20(21)26(30)31)24(17(2)28-29)19-10-6-8-12-23(19)33-4/h5-15,27H,1-4H3,(H,30,31). The molecule has 0 unspecified atom stereocenters. The number of aryl methyl sites for hydroxylation is 2. The Morgan fingerprint density at radius 2 is 1.70 bits per heavy atom. The lowest BCUT2D eigenvalue weighted by Gasteiger charge is -2.17. The summed E-state index contributed by atoms with van der Waals surface area (Å²) >= 11 is 0. The Labute approximate surface area is 192 Å². The second kappa shape index (κ2) is 9.08. The van der Waals surface area contributed by atoms with Crippen molar-refractivity contribution in [1.29, 1.82) is 0 Å². The first-order valence-corrected chi connectivity index (χ1v) is 10.4. The Bertz CT molecular complexity index is 1330. The number of methoxy groups -OCH3 is 2. The number of rotatable bonds is 7. The van der Waals surface area contributed by atoms with Gasteiger partial charge in [-0.15, -0.1) is 0 Å². The maximum atomic E-state index is 12.0. The summed E-state index contributed by atoms with van der Waals surface area (Å²) in [4.78, 5) is 12.0. The van der Waals surface area contributed by atoms with E-state index in [4.69, 9.17) is 14.6 Å². The lowest BCUT2D eigenvalue weighted by molar-refractivity contribution is 0.0697. The van der Waals surface area contributed by atoms with Crippen molar-refractivity contribution in [2.24, 2.45) is 0 Å². The average Bonchev–Trinajstić information content (AvgIpc) is 3.14. The van der Waals surface area contributed by atoms with Crippen molar-refractivity contribution in [2.75, 3.05) is 19.5 Å². The molecule has 0 aliphatic carbocycles. The predicted molar refractivity (Wildman–Crippen MR) is 128 cm³/mol. The van der Waals surface area contributed by atoms with Crippen LogP contribution in [-0.2, 0) is 0 Å². The molecule has 0 bridgehead atoms. The van der Waals surface area contributed by atoms with Crippen molar-refractivity contribution in [2.45, 2.75) is 13.8 Å². The third-order valence-corrected chi connectivity index (χ3v) is 5.49. The number of carbonyl (C=O) groups is 1. The molecule has 0 atom stereocenters. The number of hydrogen-bond acceptors (Lipinski definition) is 5. The van der Waals surface area contributed by atoms with E-state index in [1.807, 2.05) is 67.1 Å². The summed E-state index contributed by atoms with van der Waals surface area (Å²) in [5.41, 5.74) is 4.88. The van der Waals surface area contributed by atoms with Crippen LogP contribution in [0.15, 0.2) is 66.7 Å². The third-order valence-electron chi connectivity index (χ3n) is 5.49. The Morgan fingerprint density at radius 1 is 0.970 bits per heavy atom. The van der Waals surface area contributed by atoms with Gasteiger partial charge >= 0.3 is 5.97 Å². The topological polar surface area (TPSA) is 85.6 Å². The molecule has 0 saturated heterocycles. The molecule has 0 spiro atoms. The third kappa shape index (κ3) is 4.13. The molecule has 33 heavy (non-hydrogen) atoms. The smallest absolute Gasteiger partial charge is 0.337 e. The predicted octanol–water partition coefficient (Wildman–Crippen LogP) is 5.62. The second-order valence-corrected chi connectivity index (χ2v) is 7.55. The number of aromatic nitrogens is 2. The molecule has 0 aliphatic rings. The average molecular weight is 444 g/mol. The number of anilines is 2. The van der Waals surface area contributed by atoms with Crippen LogP contribution in [0.2, 0.25) is 0 Å². The minimum atomic E-state index is -1.06. The first-order chi connectivity index (χ1) is 15.9. The van der Waals surface area contributed by atoms with Crippen molar-refractivity contribution in [3.63, 3.8) is 0 Å². The number of aromatic carboxylic acids is 1. The molecule has 168 valence electrons. The summed E-state index contributed by atoms with van der Waals surface area (Å²) in [7, 11) is 3.13. The van der Waals surface area contributed by atoms with Crippen molar-refractivity contribution < 1.29 is 19.4 Å². The van der Waals surface area contributed by atoms with E-state index in [0.717, 1.165) is 28.1 Å². The first-order valence-electron chi connectivity index (χ1n) is 10.4. The van der Waals surface area contributed by atoms with Gasteiger partial charge in [-0.3, -0.25) is 0 Å². The van der Waals surface area contributed by atoms with Crippen molar-refractivity contribution in [3.05, 3.63) is 83.6 Å². The summed E-state index contributed by atoms with van der Waals surface area (Å²) in [6.07, 6.45) is 0. The molecule has 4 rings (SSSR count). The highest BCUT2D eigenvalue weighted by Gasteiger charge is 2.23. The van der Waals surface area contributed by atoms with Gasteiger partial charge in [0.15, 0.2) is 0 Å². The number of ether oxygens (including phenoxy) is 2. The maximum Gasteiger partial charge on any atom is 0.337 e. The summed E-state index contributed by atoms with van der Waals surface area (Å²) in [6, 6.07) is 20.5. The zero-order chi connectivity index (χ0) is 23.5. The molecular formula is C26H25N3O4. The largest absolute Gasteiger partial charge is 0.497 e. The van der Waals surface area contributed by atoms with Gasteiger partial charge in [-0.05, 0) is 49.7 Å². The Balaban J connectivity index is 1.98. The monoisotopic (exact) mass is 443 g/mol. The Kier molecular flexibility index (Phi) is 6.04. The van der Waals surface area contributed by atoms with Crippen LogP contribution in [0, 0.1) is 13.8 Å². The van der Waals surface area contributed by atoms with E-state index in [9.17, 15) is 9.90 Å². The molecule has 4 aromatic rings. The Morgan fingerprint density at radius 3 is 2.39 bits per heavy atom. The Hall–Kier alpha value is -4.26. The van der Waals surface area contributed by atoms with E-state index in [-0.39, 0.29) is 5.56 Å². The molecule has 1 aromatic heterocycles. The number of carboxylic acid groups (broad SMARTS) is 1. The molecule has 0 radical (unpaired) electrons. The van der Waals surface area contributed by atoms with Gasteiger partial charge in [0.05, 0.1) is 42.4 Å². The van der Waals surface area contributed by atoms with Crippen LogP contribution in [0.1, 0.15) is 21.6 Å². The number of nitrogens with zero attached hydrogens (tertiary/aromatic N) is 2. The van der Waals surface area contributed by atoms with E-state index in [1.165, 1.54) is 13.2 Å². The summed E-state index contributed by atoms with van der Waals surface area (Å²) in [6.45, 7) is 3.93. The maximum absolute atomic E-state index is 12.0. The number of nitrogens with one attached hydrogen (secondary N) is 1. The molecule has 1 heterocycles. The van der Waals surface area contributed by atoms with Gasteiger partial charge in [0.25, 0.3) is 0 Å². The van der Waals surface area contributed by atoms with Crippen molar-refractivity contribution in [3.8, 4) is 28.3 Å². The highest BCUT2D eigenvalue weighted by molar-refractivity contribution is 5.97. The van der Waals surface area contributed by atoms with Crippen molar-refractivity contribution in [1.82, 2.24) is 9.78 Å². The molecule has 7 nitrogen and oxygen atoms in total. The number of carboxylic acids is 1. The van der Waals surface area contributed by atoms with Gasteiger partial charge in [0.1, 0.15) is 17.3 Å². The molecule has 0 aliphatic heterocycles. The highest BCUT2D eigenvalue weighted by Crippen LogP contribution is 2.40. The van der Waals surface area contributed by atoms with Gasteiger partial charge in [-0.1, -0.05) is 36.4 Å². The van der Waals surface area contributed by atoms with E-state index >= 15 is 0 Å². The molecule has 0 amide bonds. The molecule has 0 fully saturated rings. The van der Waals surface area contributed by atoms with Crippen LogP contribution >= 0.6 is 0 Å². The molecule has 0 saturated carbocycles. The van der Waals surface area contributed by atoms with E-state index in [1.54, 1.807) is 19.2 Å². The number of hydrogen-bond donors (Lipinski definition) is 2. The van der Waals surface area contributed by atoms with Crippen LogP contribution in [0.3, 0.4) is 0 Å².